The topological polar surface area (TPSA) is 46.3 Å². The Morgan fingerprint density at radius 1 is 1.06 bits per heavy atom. The molecule has 3 nitrogen and oxygen atoms in total. The van der Waals surface area contributed by atoms with Gasteiger partial charge in [-0.25, -0.2) is 10.2 Å². The molecule has 1 fully saturated rings. The van der Waals surface area contributed by atoms with Crippen LogP contribution in [0.1, 0.15) is 45.8 Å². The smallest absolute Gasteiger partial charge is 0.276 e. The third-order valence-corrected chi connectivity index (χ3v) is 6.47. The first-order valence-electron chi connectivity index (χ1n) is 9.96. The normalized spacial score (nSPS) is 15.8. The van der Waals surface area contributed by atoms with Crippen LogP contribution in [0.5, 0.6) is 0 Å². The van der Waals surface area contributed by atoms with Crippen molar-refractivity contribution in [1.82, 2.24) is 5.01 Å². The van der Waals surface area contributed by atoms with E-state index in [4.69, 9.17) is 40.6 Å². The number of alkyl halides is 6. The molecule has 0 bridgehead atoms. The Hall–Kier alpha value is -2.01. The number of hydrogen-bond donors (Lipinski definition) is 1. The summed E-state index contributed by atoms with van der Waals surface area (Å²) in [4.78, 5) is 12.5. The highest BCUT2D eigenvalue weighted by atomic mass is 35.5. The largest absolute Gasteiger partial charge is 0.417 e. The molecule has 1 aliphatic carbocycles. The van der Waals surface area contributed by atoms with E-state index in [2.05, 4.69) is 0 Å². The first kappa shape index (κ1) is 27.6. The maximum absolute atomic E-state index is 14.9. The number of amides is 1. The summed E-state index contributed by atoms with van der Waals surface area (Å²) in [6, 6.07) is 3.37. The van der Waals surface area contributed by atoms with Gasteiger partial charge < -0.3 is 0 Å². The van der Waals surface area contributed by atoms with Gasteiger partial charge in [0.1, 0.15) is 11.7 Å². The van der Waals surface area contributed by atoms with Gasteiger partial charge in [0.2, 0.25) is 0 Å². The maximum atomic E-state index is 14.9. The Kier molecular flexibility index (Phi) is 8.00. The number of carbonyl (C=O) groups is 1. The highest BCUT2D eigenvalue weighted by Crippen LogP contribution is 2.43. The lowest BCUT2D eigenvalue weighted by Gasteiger charge is -2.20. The van der Waals surface area contributed by atoms with Crippen molar-refractivity contribution in [3.8, 4) is 0 Å². The molecule has 35 heavy (non-hydrogen) atoms. The van der Waals surface area contributed by atoms with E-state index >= 15 is 0 Å². The number of hydrogen-bond acceptors (Lipinski definition) is 2. The number of rotatable bonds is 6. The molecule has 0 heterocycles. The Bertz CT molecular complexity index is 1140. The van der Waals surface area contributed by atoms with Crippen LogP contribution in [0.25, 0.3) is 5.83 Å². The summed E-state index contributed by atoms with van der Waals surface area (Å²) in [7, 11) is 0. The van der Waals surface area contributed by atoms with Crippen molar-refractivity contribution < 1.29 is 35.5 Å². The molecule has 1 saturated carbocycles. The second-order valence-electron chi connectivity index (χ2n) is 7.99. The third kappa shape index (κ3) is 6.61. The van der Waals surface area contributed by atoms with Gasteiger partial charge >= 0.3 is 12.4 Å². The number of benzene rings is 2. The van der Waals surface area contributed by atoms with Crippen molar-refractivity contribution in [3.63, 3.8) is 0 Å². The molecule has 1 atom stereocenters. The summed E-state index contributed by atoms with van der Waals surface area (Å²) in [5.41, 5.74) is -3.77. The van der Waals surface area contributed by atoms with Crippen LogP contribution in [0.15, 0.2) is 36.4 Å². The van der Waals surface area contributed by atoms with Gasteiger partial charge in [-0.3, -0.25) is 9.80 Å². The number of hydrazine groups is 1. The molecule has 0 aliphatic heterocycles. The average molecular weight is 564 g/mol. The number of nitrogens with two attached hydrogens (primary N) is 1. The lowest BCUT2D eigenvalue weighted by atomic mass is 9.95. The van der Waals surface area contributed by atoms with Crippen LogP contribution >= 0.6 is 34.8 Å². The predicted octanol–water partition coefficient (Wildman–Crippen LogP) is 8.05. The van der Waals surface area contributed by atoms with Gasteiger partial charge in [-0.15, -0.1) is 0 Å². The van der Waals surface area contributed by atoms with Gasteiger partial charge in [-0.05, 0) is 54.7 Å². The molecule has 2 aromatic rings. The van der Waals surface area contributed by atoms with Crippen LogP contribution in [0.4, 0.5) is 30.7 Å². The second kappa shape index (κ2) is 10.2. The zero-order valence-electron chi connectivity index (χ0n) is 17.5. The molecule has 13 heteroatoms. The summed E-state index contributed by atoms with van der Waals surface area (Å²) in [5.74, 6) is 0.321. The number of nitrogens with zero attached hydrogens (tertiary/aromatic N) is 1. The van der Waals surface area contributed by atoms with E-state index in [0.29, 0.717) is 11.1 Å². The predicted molar refractivity (Wildman–Crippen MR) is 119 cm³/mol. The molecule has 1 unspecified atom stereocenters. The van der Waals surface area contributed by atoms with E-state index < -0.39 is 52.3 Å². The van der Waals surface area contributed by atoms with E-state index in [-0.39, 0.29) is 39.7 Å². The summed E-state index contributed by atoms with van der Waals surface area (Å²) in [6.07, 6.45) is -8.50. The Balaban J connectivity index is 2.03. The number of halogens is 10. The van der Waals surface area contributed by atoms with Crippen LogP contribution in [0, 0.1) is 5.92 Å². The highest BCUT2D eigenvalue weighted by Gasteiger charge is 2.41. The van der Waals surface area contributed by atoms with Gasteiger partial charge in [0.05, 0.1) is 26.2 Å². The molecular formula is C22H16Cl3F7N2O. The van der Waals surface area contributed by atoms with Gasteiger partial charge in [0.25, 0.3) is 5.91 Å². The minimum atomic E-state index is -5.11. The van der Waals surface area contributed by atoms with Crippen LogP contribution in [-0.2, 0) is 6.18 Å². The molecule has 3 rings (SSSR count). The molecule has 1 aliphatic rings. The number of carbonyl (C=O) groups excluding carboxylic acids is 1. The van der Waals surface area contributed by atoms with Crippen molar-refractivity contribution >= 4 is 46.5 Å². The minimum Gasteiger partial charge on any atom is -0.276 e. The lowest BCUT2D eigenvalue weighted by Crippen LogP contribution is -2.39. The molecule has 0 spiro atoms. The Morgan fingerprint density at radius 3 is 2.11 bits per heavy atom. The Morgan fingerprint density at radius 2 is 1.63 bits per heavy atom. The first-order valence-corrected chi connectivity index (χ1v) is 11.1. The molecule has 2 N–H and O–H groups in total. The van der Waals surface area contributed by atoms with E-state index in [1.54, 1.807) is 0 Å². The standard InChI is InChI=1S/C22H16Cl3F7N2O/c23-16-6-12(7-17(24)19(16)25)14(21(27,28)29)8-18(26)11-3-4-13(15(5-11)22(30,31)32)20(35)34(33)9-10-1-2-10/h3-8,10,14H,1-2,9,33H2. The fraction of sp³-hybridized carbons (Fsp3) is 0.318. The molecule has 2 aromatic carbocycles. The second-order valence-corrected chi connectivity index (χ2v) is 9.18. The lowest BCUT2D eigenvalue weighted by molar-refractivity contribution is -0.140. The number of allylic oxidation sites excluding steroid dienone is 1. The van der Waals surface area contributed by atoms with E-state index in [0.717, 1.165) is 31.0 Å². The summed E-state index contributed by atoms with van der Waals surface area (Å²) in [6.45, 7) is 0.0472. The quantitative estimate of drug-likeness (QED) is 0.127. The van der Waals surface area contributed by atoms with Crippen LogP contribution in [0.3, 0.4) is 0 Å². The van der Waals surface area contributed by atoms with Crippen molar-refractivity contribution in [2.75, 3.05) is 6.54 Å². The van der Waals surface area contributed by atoms with Gasteiger partial charge in [-0.1, -0.05) is 40.9 Å². The zero-order valence-corrected chi connectivity index (χ0v) is 19.7. The van der Waals surface area contributed by atoms with Gasteiger partial charge in [-0.2, -0.15) is 26.3 Å². The fourth-order valence-electron chi connectivity index (χ4n) is 3.31. The average Bonchev–Trinajstić information content (AvgIpc) is 3.56. The van der Waals surface area contributed by atoms with Crippen molar-refractivity contribution in [1.29, 1.82) is 0 Å². The van der Waals surface area contributed by atoms with E-state index in [1.165, 1.54) is 0 Å². The van der Waals surface area contributed by atoms with Crippen molar-refractivity contribution in [2.24, 2.45) is 11.8 Å². The van der Waals surface area contributed by atoms with Gasteiger partial charge in [0, 0.05) is 12.1 Å². The molecule has 190 valence electrons. The van der Waals surface area contributed by atoms with Crippen molar-refractivity contribution in [3.05, 3.63) is 73.7 Å². The monoisotopic (exact) mass is 562 g/mol. The molecule has 0 saturated heterocycles. The zero-order chi connectivity index (χ0) is 26.3. The van der Waals surface area contributed by atoms with Crippen LogP contribution in [0.2, 0.25) is 15.1 Å². The third-order valence-electron chi connectivity index (χ3n) is 5.27. The fourth-order valence-corrected chi connectivity index (χ4v) is 3.92. The van der Waals surface area contributed by atoms with Gasteiger partial charge in [0.15, 0.2) is 0 Å². The molecule has 0 radical (unpaired) electrons. The summed E-state index contributed by atoms with van der Waals surface area (Å²) >= 11 is 17.3. The van der Waals surface area contributed by atoms with E-state index in [1.807, 2.05) is 0 Å². The van der Waals surface area contributed by atoms with Crippen molar-refractivity contribution in [2.45, 2.75) is 31.1 Å². The Labute approximate surface area is 210 Å². The first-order chi connectivity index (χ1) is 16.1. The van der Waals surface area contributed by atoms with E-state index in [9.17, 15) is 35.5 Å². The summed E-state index contributed by atoms with van der Waals surface area (Å²) < 4.78 is 97.0. The maximum Gasteiger partial charge on any atom is 0.417 e. The molecule has 0 aromatic heterocycles. The minimum absolute atomic E-state index is 0.0472. The highest BCUT2D eigenvalue weighted by molar-refractivity contribution is 6.48. The molecule has 1 amide bonds. The van der Waals surface area contributed by atoms with Crippen LogP contribution < -0.4 is 5.84 Å². The SMILES string of the molecule is NN(CC1CC1)C(=O)c1ccc(C(F)=CC(c2cc(Cl)c(Cl)c(Cl)c2)C(F)(F)F)cc1C(F)(F)F. The summed E-state index contributed by atoms with van der Waals surface area (Å²) in [5, 5.41) is -0.218. The molecular weight excluding hydrogens is 548 g/mol. The van der Waals surface area contributed by atoms with Crippen LogP contribution in [-0.4, -0.2) is 23.6 Å².